The SMILES string of the molecule is O=S1CCN(c2ccc(Nc3ncccn3)cc2)CC1. The third kappa shape index (κ3) is 3.14. The van der Waals surface area contributed by atoms with Crippen LogP contribution in [-0.2, 0) is 10.8 Å². The number of hydrogen-bond acceptors (Lipinski definition) is 5. The van der Waals surface area contributed by atoms with Crippen LogP contribution in [0.25, 0.3) is 0 Å². The van der Waals surface area contributed by atoms with Gasteiger partial charge in [-0.25, -0.2) is 9.97 Å². The van der Waals surface area contributed by atoms with E-state index in [1.165, 1.54) is 5.69 Å². The molecular formula is C14H16N4OS. The van der Waals surface area contributed by atoms with Crippen molar-refractivity contribution in [3.05, 3.63) is 42.7 Å². The van der Waals surface area contributed by atoms with Gasteiger partial charge in [0, 0.05) is 59.2 Å². The van der Waals surface area contributed by atoms with Crippen LogP contribution in [0, 0.1) is 0 Å². The van der Waals surface area contributed by atoms with Crippen molar-refractivity contribution < 1.29 is 4.21 Å². The Morgan fingerprint density at radius 2 is 1.70 bits per heavy atom. The molecule has 0 bridgehead atoms. The normalized spacial score (nSPS) is 16.1. The van der Waals surface area contributed by atoms with Gasteiger partial charge in [-0.3, -0.25) is 4.21 Å². The van der Waals surface area contributed by atoms with Gasteiger partial charge in [0.1, 0.15) is 0 Å². The number of anilines is 3. The van der Waals surface area contributed by atoms with Gasteiger partial charge in [0.2, 0.25) is 5.95 Å². The minimum absolute atomic E-state index is 0.591. The Hall–Kier alpha value is -1.95. The number of hydrogen-bond donors (Lipinski definition) is 1. The summed E-state index contributed by atoms with van der Waals surface area (Å²) in [5.41, 5.74) is 2.13. The van der Waals surface area contributed by atoms with E-state index in [9.17, 15) is 4.21 Å². The largest absolute Gasteiger partial charge is 0.370 e. The van der Waals surface area contributed by atoms with Crippen LogP contribution >= 0.6 is 0 Å². The van der Waals surface area contributed by atoms with Crippen molar-refractivity contribution in [3.63, 3.8) is 0 Å². The molecule has 0 atom stereocenters. The molecule has 1 fully saturated rings. The molecule has 0 saturated carbocycles. The van der Waals surface area contributed by atoms with Crippen molar-refractivity contribution in [2.45, 2.75) is 0 Å². The lowest BCUT2D eigenvalue weighted by Crippen LogP contribution is -2.37. The Kier molecular flexibility index (Phi) is 3.92. The Morgan fingerprint density at radius 1 is 1.05 bits per heavy atom. The molecular weight excluding hydrogens is 272 g/mol. The van der Waals surface area contributed by atoms with Crippen LogP contribution in [0.1, 0.15) is 0 Å². The zero-order valence-electron chi connectivity index (χ0n) is 11.0. The van der Waals surface area contributed by atoms with E-state index in [2.05, 4.69) is 32.3 Å². The van der Waals surface area contributed by atoms with Crippen molar-refractivity contribution in [3.8, 4) is 0 Å². The standard InChI is InChI=1S/C14H16N4OS/c19-20-10-8-18(9-11-20)13-4-2-12(3-5-13)17-14-15-6-1-7-16-14/h1-7H,8-11H2,(H,15,16,17). The summed E-state index contributed by atoms with van der Waals surface area (Å²) in [5.74, 6) is 2.11. The molecule has 6 heteroatoms. The van der Waals surface area contributed by atoms with Gasteiger partial charge in [0.25, 0.3) is 0 Å². The third-order valence-corrected chi connectivity index (χ3v) is 4.51. The molecule has 0 unspecified atom stereocenters. The fourth-order valence-electron chi connectivity index (χ4n) is 2.14. The Labute approximate surface area is 120 Å². The molecule has 2 aromatic rings. The molecule has 1 aliphatic rings. The summed E-state index contributed by atoms with van der Waals surface area (Å²) in [5, 5.41) is 3.15. The first kappa shape index (κ1) is 13.1. The molecule has 20 heavy (non-hydrogen) atoms. The van der Waals surface area contributed by atoms with E-state index in [4.69, 9.17) is 0 Å². The quantitative estimate of drug-likeness (QED) is 0.933. The molecule has 0 amide bonds. The van der Waals surface area contributed by atoms with Crippen molar-refractivity contribution in [2.24, 2.45) is 0 Å². The highest BCUT2D eigenvalue weighted by molar-refractivity contribution is 7.85. The van der Waals surface area contributed by atoms with E-state index in [0.29, 0.717) is 5.95 Å². The molecule has 104 valence electrons. The first-order valence-corrected chi connectivity index (χ1v) is 8.04. The number of aromatic nitrogens is 2. The molecule has 0 aliphatic carbocycles. The molecule has 1 saturated heterocycles. The van der Waals surface area contributed by atoms with Gasteiger partial charge in [-0.05, 0) is 30.3 Å². The minimum Gasteiger partial charge on any atom is -0.370 e. The Balaban J connectivity index is 1.67. The smallest absolute Gasteiger partial charge is 0.227 e. The predicted molar refractivity (Wildman–Crippen MR) is 81.8 cm³/mol. The monoisotopic (exact) mass is 288 g/mol. The zero-order chi connectivity index (χ0) is 13.8. The highest BCUT2D eigenvalue weighted by atomic mass is 32.2. The van der Waals surface area contributed by atoms with E-state index in [1.54, 1.807) is 18.5 Å². The van der Waals surface area contributed by atoms with Crippen LogP contribution < -0.4 is 10.2 Å². The molecule has 1 aromatic heterocycles. The van der Waals surface area contributed by atoms with E-state index < -0.39 is 10.8 Å². The highest BCUT2D eigenvalue weighted by Crippen LogP contribution is 2.20. The number of nitrogens with one attached hydrogen (secondary N) is 1. The second-order valence-electron chi connectivity index (χ2n) is 4.58. The first-order chi connectivity index (χ1) is 9.81. The maximum atomic E-state index is 11.4. The lowest BCUT2D eigenvalue weighted by molar-refractivity contribution is 0.673. The van der Waals surface area contributed by atoms with E-state index >= 15 is 0 Å². The fourth-order valence-corrected chi connectivity index (χ4v) is 3.20. The molecule has 2 heterocycles. The van der Waals surface area contributed by atoms with Crippen molar-refractivity contribution in [2.75, 3.05) is 34.8 Å². The molecule has 1 aromatic carbocycles. The second-order valence-corrected chi connectivity index (χ2v) is 6.28. The average Bonchev–Trinajstić information content (AvgIpc) is 2.50. The lowest BCUT2D eigenvalue weighted by atomic mass is 10.2. The summed E-state index contributed by atoms with van der Waals surface area (Å²) in [4.78, 5) is 10.5. The van der Waals surface area contributed by atoms with Gasteiger partial charge in [0.15, 0.2) is 0 Å². The average molecular weight is 288 g/mol. The van der Waals surface area contributed by atoms with Gasteiger partial charge in [-0.1, -0.05) is 0 Å². The number of nitrogens with zero attached hydrogens (tertiary/aromatic N) is 3. The highest BCUT2D eigenvalue weighted by Gasteiger charge is 2.15. The van der Waals surface area contributed by atoms with Crippen LogP contribution in [0.15, 0.2) is 42.7 Å². The minimum atomic E-state index is -0.636. The molecule has 5 nitrogen and oxygen atoms in total. The first-order valence-electron chi connectivity index (χ1n) is 6.55. The van der Waals surface area contributed by atoms with Gasteiger partial charge in [-0.2, -0.15) is 0 Å². The third-order valence-electron chi connectivity index (χ3n) is 3.23. The van der Waals surface area contributed by atoms with Crippen molar-refractivity contribution in [1.82, 2.24) is 9.97 Å². The maximum Gasteiger partial charge on any atom is 0.227 e. The maximum absolute atomic E-state index is 11.4. The summed E-state index contributed by atoms with van der Waals surface area (Å²) in [6, 6.07) is 9.95. The summed E-state index contributed by atoms with van der Waals surface area (Å²) < 4.78 is 11.4. The van der Waals surface area contributed by atoms with Gasteiger partial charge >= 0.3 is 0 Å². The topological polar surface area (TPSA) is 58.1 Å². The lowest BCUT2D eigenvalue weighted by Gasteiger charge is -2.28. The zero-order valence-corrected chi connectivity index (χ0v) is 11.8. The summed E-state index contributed by atoms with van der Waals surface area (Å²) in [7, 11) is -0.636. The van der Waals surface area contributed by atoms with Crippen molar-refractivity contribution >= 4 is 28.1 Å². The van der Waals surface area contributed by atoms with E-state index in [-0.39, 0.29) is 0 Å². The second kappa shape index (κ2) is 6.00. The summed E-state index contributed by atoms with van der Waals surface area (Å²) in [6.07, 6.45) is 3.41. The van der Waals surface area contributed by atoms with Crippen LogP contribution in [0.3, 0.4) is 0 Å². The van der Waals surface area contributed by atoms with Crippen LogP contribution in [-0.4, -0.2) is 38.8 Å². The van der Waals surface area contributed by atoms with Crippen LogP contribution in [0.4, 0.5) is 17.3 Å². The van der Waals surface area contributed by atoms with Gasteiger partial charge < -0.3 is 10.2 Å². The van der Waals surface area contributed by atoms with Gasteiger partial charge in [0.05, 0.1) is 0 Å². The van der Waals surface area contributed by atoms with Crippen molar-refractivity contribution in [1.29, 1.82) is 0 Å². The number of benzene rings is 1. The van der Waals surface area contributed by atoms with Crippen LogP contribution in [0.5, 0.6) is 0 Å². The molecule has 3 rings (SSSR count). The number of rotatable bonds is 3. The Bertz CT molecular complexity index is 578. The molecule has 0 spiro atoms. The molecule has 0 radical (unpaired) electrons. The van der Waals surface area contributed by atoms with Gasteiger partial charge in [-0.15, -0.1) is 0 Å². The Morgan fingerprint density at radius 3 is 2.35 bits per heavy atom. The summed E-state index contributed by atoms with van der Waals surface area (Å²) >= 11 is 0. The molecule has 1 N–H and O–H groups in total. The fraction of sp³-hybridized carbons (Fsp3) is 0.286. The van der Waals surface area contributed by atoms with Crippen LogP contribution in [0.2, 0.25) is 0 Å². The van der Waals surface area contributed by atoms with E-state index in [0.717, 1.165) is 30.3 Å². The summed E-state index contributed by atoms with van der Waals surface area (Å²) in [6.45, 7) is 1.72. The molecule has 1 aliphatic heterocycles. The van der Waals surface area contributed by atoms with E-state index in [1.807, 2.05) is 12.1 Å². The predicted octanol–water partition coefficient (Wildman–Crippen LogP) is 1.79.